The molecule has 0 aliphatic rings. The summed E-state index contributed by atoms with van der Waals surface area (Å²) in [4.78, 5) is 21.1. The van der Waals surface area contributed by atoms with Crippen molar-refractivity contribution in [1.82, 2.24) is 9.97 Å². The fraction of sp³-hybridized carbons (Fsp3) is 0.217. The number of halogens is 1. The van der Waals surface area contributed by atoms with Crippen LogP contribution in [0.3, 0.4) is 0 Å². The number of nitrogens with zero attached hydrogens (tertiary/aromatic N) is 1. The highest BCUT2D eigenvalue weighted by Crippen LogP contribution is 2.30. The molecule has 29 heavy (non-hydrogen) atoms. The standard InChI is InChI=1S/C23H22FN3OS/c1-14(2)21(16-6-4-3-5-7-16)25-12-19-26-22(28)20-18(13-29-23(20)27-19)15-8-10-17(24)11-9-15/h3-11,13-14,21,25H,12H2,1-2H3,(H,26,27,28)/p+1/t21-/m1/s1. The van der Waals surface area contributed by atoms with Crippen molar-refractivity contribution in [3.8, 4) is 11.1 Å². The van der Waals surface area contributed by atoms with Crippen molar-refractivity contribution in [2.45, 2.75) is 26.4 Å². The molecular weight excluding hydrogens is 385 g/mol. The monoisotopic (exact) mass is 408 g/mol. The van der Waals surface area contributed by atoms with Crippen LogP contribution in [0, 0.1) is 11.7 Å². The smallest absolute Gasteiger partial charge is 0.260 e. The highest BCUT2D eigenvalue weighted by molar-refractivity contribution is 7.17. The normalized spacial score (nSPS) is 12.6. The molecule has 0 amide bonds. The van der Waals surface area contributed by atoms with E-state index in [0.717, 1.165) is 11.1 Å². The highest BCUT2D eigenvalue weighted by Gasteiger charge is 2.20. The molecule has 0 fully saturated rings. The summed E-state index contributed by atoms with van der Waals surface area (Å²) in [5.41, 5.74) is 2.72. The Bertz CT molecular complexity index is 1170. The minimum Gasteiger partial charge on any atom is -0.334 e. The molecule has 4 rings (SSSR count). The van der Waals surface area contributed by atoms with Gasteiger partial charge in [-0.1, -0.05) is 56.3 Å². The zero-order chi connectivity index (χ0) is 20.4. The lowest BCUT2D eigenvalue weighted by atomic mass is 9.96. The lowest BCUT2D eigenvalue weighted by Gasteiger charge is -2.19. The lowest BCUT2D eigenvalue weighted by molar-refractivity contribution is -0.718. The summed E-state index contributed by atoms with van der Waals surface area (Å²) in [7, 11) is 0. The molecule has 2 aromatic carbocycles. The average Bonchev–Trinajstić information content (AvgIpc) is 3.14. The molecular formula is C23H23FN3OS+. The Balaban J connectivity index is 1.61. The number of hydrogen-bond acceptors (Lipinski definition) is 3. The van der Waals surface area contributed by atoms with Crippen molar-refractivity contribution in [3.05, 3.63) is 87.5 Å². The molecule has 0 bridgehead atoms. The quantitative estimate of drug-likeness (QED) is 0.501. The van der Waals surface area contributed by atoms with Crippen LogP contribution in [0.5, 0.6) is 0 Å². The number of thiophene rings is 1. The summed E-state index contributed by atoms with van der Waals surface area (Å²) in [5, 5.41) is 4.70. The van der Waals surface area contributed by atoms with Crippen LogP contribution in [0.15, 0.2) is 64.8 Å². The topological polar surface area (TPSA) is 62.4 Å². The van der Waals surface area contributed by atoms with Crippen LogP contribution < -0.4 is 10.9 Å². The van der Waals surface area contributed by atoms with Gasteiger partial charge in [0.25, 0.3) is 5.56 Å². The third-order valence-corrected chi connectivity index (χ3v) is 5.99. The molecule has 0 radical (unpaired) electrons. The Morgan fingerprint density at radius 2 is 1.83 bits per heavy atom. The Kier molecular flexibility index (Phi) is 5.56. The van der Waals surface area contributed by atoms with Gasteiger partial charge in [0.05, 0.1) is 5.39 Å². The number of fused-ring (bicyclic) bond motifs is 1. The van der Waals surface area contributed by atoms with Crippen LogP contribution in [-0.4, -0.2) is 9.97 Å². The number of aromatic nitrogens is 2. The van der Waals surface area contributed by atoms with E-state index in [1.807, 2.05) is 23.6 Å². The molecule has 0 saturated carbocycles. The van der Waals surface area contributed by atoms with Crippen LogP contribution in [0.25, 0.3) is 21.3 Å². The molecule has 2 heterocycles. The van der Waals surface area contributed by atoms with E-state index in [4.69, 9.17) is 0 Å². The van der Waals surface area contributed by atoms with Crippen molar-refractivity contribution in [1.29, 1.82) is 0 Å². The van der Waals surface area contributed by atoms with E-state index in [-0.39, 0.29) is 17.4 Å². The number of nitrogens with two attached hydrogens (primary N) is 1. The summed E-state index contributed by atoms with van der Waals surface area (Å²) in [5.74, 6) is 0.813. The van der Waals surface area contributed by atoms with Gasteiger partial charge in [-0.05, 0) is 17.7 Å². The van der Waals surface area contributed by atoms with E-state index in [0.29, 0.717) is 28.5 Å². The minimum atomic E-state index is -0.295. The molecule has 148 valence electrons. The Hall–Kier alpha value is -2.83. The second-order valence-corrected chi connectivity index (χ2v) is 8.33. The zero-order valence-corrected chi connectivity index (χ0v) is 17.2. The number of benzene rings is 2. The van der Waals surface area contributed by atoms with Gasteiger partial charge in [-0.25, -0.2) is 9.37 Å². The maximum atomic E-state index is 13.2. The van der Waals surface area contributed by atoms with Gasteiger partial charge in [0.15, 0.2) is 5.82 Å². The maximum Gasteiger partial charge on any atom is 0.260 e. The molecule has 6 heteroatoms. The van der Waals surface area contributed by atoms with Crippen molar-refractivity contribution in [3.63, 3.8) is 0 Å². The molecule has 0 aliphatic heterocycles. The van der Waals surface area contributed by atoms with E-state index in [2.05, 4.69) is 41.3 Å². The number of nitrogens with one attached hydrogen (secondary N) is 1. The predicted molar refractivity (Wildman–Crippen MR) is 115 cm³/mol. The number of H-pyrrole nitrogens is 1. The molecule has 3 N–H and O–H groups in total. The fourth-order valence-electron chi connectivity index (χ4n) is 3.64. The number of rotatable bonds is 6. The second-order valence-electron chi connectivity index (χ2n) is 7.47. The fourth-order valence-corrected chi connectivity index (χ4v) is 4.61. The first-order valence-electron chi connectivity index (χ1n) is 9.67. The molecule has 2 aromatic heterocycles. The summed E-state index contributed by atoms with van der Waals surface area (Å²) >= 11 is 1.44. The molecule has 4 aromatic rings. The molecule has 0 aliphatic carbocycles. The maximum absolute atomic E-state index is 13.2. The van der Waals surface area contributed by atoms with Crippen LogP contribution >= 0.6 is 11.3 Å². The predicted octanol–water partition coefficient (Wildman–Crippen LogP) is 4.25. The second kappa shape index (κ2) is 8.27. The van der Waals surface area contributed by atoms with Crippen molar-refractivity contribution in [2.75, 3.05) is 0 Å². The Labute approximate surface area is 172 Å². The summed E-state index contributed by atoms with van der Waals surface area (Å²) in [6.07, 6.45) is 0. The van der Waals surface area contributed by atoms with Crippen LogP contribution in [-0.2, 0) is 6.54 Å². The molecule has 1 atom stereocenters. The summed E-state index contributed by atoms with van der Waals surface area (Å²) < 4.78 is 13.2. The van der Waals surface area contributed by atoms with Crippen LogP contribution in [0.4, 0.5) is 4.39 Å². The van der Waals surface area contributed by atoms with Crippen molar-refractivity contribution >= 4 is 21.6 Å². The van der Waals surface area contributed by atoms with Gasteiger partial charge in [-0.3, -0.25) is 4.79 Å². The molecule has 0 saturated heterocycles. The first-order chi connectivity index (χ1) is 14.0. The Morgan fingerprint density at radius 1 is 1.10 bits per heavy atom. The van der Waals surface area contributed by atoms with Gasteiger partial charge in [-0.15, -0.1) is 11.3 Å². The first kappa shape index (κ1) is 19.5. The lowest BCUT2D eigenvalue weighted by Crippen LogP contribution is -2.85. The van der Waals surface area contributed by atoms with E-state index in [1.54, 1.807) is 12.1 Å². The SMILES string of the molecule is CC(C)[C@@H]([NH2+]Cc1nc2scc(-c3ccc(F)cc3)c2c(=O)[nH]1)c1ccccc1. The number of quaternary nitrogens is 1. The highest BCUT2D eigenvalue weighted by atomic mass is 32.1. The van der Waals surface area contributed by atoms with Crippen LogP contribution in [0.2, 0.25) is 0 Å². The number of aromatic amines is 1. The minimum absolute atomic E-state index is 0.153. The van der Waals surface area contributed by atoms with E-state index in [1.165, 1.54) is 29.0 Å². The van der Waals surface area contributed by atoms with Gasteiger partial charge in [0.2, 0.25) is 0 Å². The van der Waals surface area contributed by atoms with Crippen molar-refractivity contribution < 1.29 is 9.71 Å². The van der Waals surface area contributed by atoms with E-state index < -0.39 is 0 Å². The third-order valence-electron chi connectivity index (χ3n) is 5.12. The van der Waals surface area contributed by atoms with Gasteiger partial charge >= 0.3 is 0 Å². The van der Waals surface area contributed by atoms with Crippen molar-refractivity contribution in [2.24, 2.45) is 5.92 Å². The van der Waals surface area contributed by atoms with Gasteiger partial charge in [-0.2, -0.15) is 0 Å². The van der Waals surface area contributed by atoms with E-state index in [9.17, 15) is 9.18 Å². The first-order valence-corrected chi connectivity index (χ1v) is 10.6. The van der Waals surface area contributed by atoms with Gasteiger partial charge < -0.3 is 10.3 Å². The summed E-state index contributed by atoms with van der Waals surface area (Å²) in [6.45, 7) is 4.98. The molecule has 0 unspecified atom stereocenters. The summed E-state index contributed by atoms with van der Waals surface area (Å²) in [6, 6.07) is 16.8. The molecule has 0 spiro atoms. The molecule has 4 nitrogen and oxygen atoms in total. The Morgan fingerprint density at radius 3 is 2.52 bits per heavy atom. The zero-order valence-electron chi connectivity index (χ0n) is 16.4. The van der Waals surface area contributed by atoms with Gasteiger partial charge in [0, 0.05) is 22.4 Å². The van der Waals surface area contributed by atoms with Crippen LogP contribution in [0.1, 0.15) is 31.3 Å². The largest absolute Gasteiger partial charge is 0.334 e. The third kappa shape index (κ3) is 4.13. The average molecular weight is 409 g/mol. The number of hydrogen-bond donors (Lipinski definition) is 2. The van der Waals surface area contributed by atoms with Gasteiger partial charge in [0.1, 0.15) is 23.2 Å². The van der Waals surface area contributed by atoms with E-state index >= 15 is 0 Å².